The molecule has 0 bridgehead atoms. The highest BCUT2D eigenvalue weighted by molar-refractivity contribution is 7.98. The van der Waals surface area contributed by atoms with Gasteiger partial charge in [0.05, 0.1) is 12.1 Å². The molecule has 0 aliphatic rings. The van der Waals surface area contributed by atoms with Crippen LogP contribution < -0.4 is 21.3 Å². The third kappa shape index (κ3) is 14.2. The van der Waals surface area contributed by atoms with Crippen molar-refractivity contribution in [2.75, 3.05) is 12.0 Å². The number of rotatable bonds is 19. The van der Waals surface area contributed by atoms with Crippen LogP contribution in [0.2, 0.25) is 0 Å². The molecule has 1 heterocycles. The van der Waals surface area contributed by atoms with Crippen molar-refractivity contribution >= 4 is 35.6 Å². The number of thioether (sulfide) groups is 1. The van der Waals surface area contributed by atoms with Crippen molar-refractivity contribution in [3.05, 3.63) is 66.0 Å². The molecule has 0 fully saturated rings. The first kappa shape index (κ1) is 38.5. The molecule has 46 heavy (non-hydrogen) atoms. The zero-order chi connectivity index (χ0) is 34.1. The van der Waals surface area contributed by atoms with Gasteiger partial charge in [-0.3, -0.25) is 19.4 Å². The molecule has 254 valence electrons. The average Bonchev–Trinajstić information content (AvgIpc) is 3.03. The number of nitrogens with one attached hydrogen (secondary N) is 4. The second kappa shape index (κ2) is 20.5. The van der Waals surface area contributed by atoms with Gasteiger partial charge in [-0.1, -0.05) is 71.0 Å². The minimum Gasteiger partial charge on any atom is -0.445 e. The number of aliphatic hydroxyl groups excluding tert-OH is 1. The van der Waals surface area contributed by atoms with Crippen molar-refractivity contribution in [3.8, 4) is 0 Å². The number of carbonyl (C=O) groups is 4. The number of alkyl carbamates (subject to hydrolysis) is 1. The van der Waals surface area contributed by atoms with E-state index in [4.69, 9.17) is 4.74 Å². The van der Waals surface area contributed by atoms with Crippen LogP contribution >= 0.6 is 11.8 Å². The summed E-state index contributed by atoms with van der Waals surface area (Å²) < 4.78 is 5.29. The van der Waals surface area contributed by atoms with E-state index in [2.05, 4.69) is 26.3 Å². The number of pyridine rings is 1. The maximum Gasteiger partial charge on any atom is 0.408 e. The Bertz CT molecular complexity index is 1220. The van der Waals surface area contributed by atoms with Gasteiger partial charge in [0.2, 0.25) is 17.7 Å². The molecule has 0 spiro atoms. The number of nitrogens with zero attached hydrogens (tertiary/aromatic N) is 1. The van der Waals surface area contributed by atoms with Crippen LogP contribution in [0.4, 0.5) is 4.79 Å². The number of aromatic nitrogens is 1. The van der Waals surface area contributed by atoms with E-state index in [-0.39, 0.29) is 36.7 Å². The van der Waals surface area contributed by atoms with Crippen LogP contribution in [0, 0.1) is 17.8 Å². The highest BCUT2D eigenvalue weighted by Gasteiger charge is 2.31. The molecule has 0 unspecified atom stereocenters. The Morgan fingerprint density at radius 2 is 1.57 bits per heavy atom. The predicted octanol–water partition coefficient (Wildman–Crippen LogP) is 3.80. The highest BCUT2D eigenvalue weighted by Crippen LogP contribution is 2.17. The smallest absolute Gasteiger partial charge is 0.408 e. The first-order chi connectivity index (χ1) is 21.9. The molecule has 12 heteroatoms. The van der Waals surface area contributed by atoms with E-state index in [9.17, 15) is 24.3 Å². The van der Waals surface area contributed by atoms with E-state index in [1.54, 1.807) is 31.5 Å². The first-order valence-electron chi connectivity index (χ1n) is 15.8. The SMILES string of the molecule is CSCC[C@H](NC(=O)OCc1cccnc1)C(=O)N[C@@H](CC(C)C)[C@@H](O)C[C@@H](C)C(=O)N[C@H](C(=O)NCc1ccccc1)C(C)C. The van der Waals surface area contributed by atoms with Gasteiger partial charge < -0.3 is 31.1 Å². The number of carbonyl (C=O) groups excluding carboxylic acids is 4. The van der Waals surface area contributed by atoms with E-state index < -0.39 is 42.1 Å². The number of hydrogen-bond donors (Lipinski definition) is 5. The lowest BCUT2D eigenvalue weighted by molar-refractivity contribution is -0.132. The van der Waals surface area contributed by atoms with Gasteiger partial charge in [0, 0.05) is 30.4 Å². The fourth-order valence-corrected chi connectivity index (χ4v) is 5.25. The van der Waals surface area contributed by atoms with Crippen LogP contribution in [0.3, 0.4) is 0 Å². The number of aliphatic hydroxyl groups is 1. The fourth-order valence-electron chi connectivity index (χ4n) is 4.78. The van der Waals surface area contributed by atoms with E-state index in [1.807, 2.05) is 64.3 Å². The molecular weight excluding hydrogens is 606 g/mol. The first-order valence-corrected chi connectivity index (χ1v) is 17.2. The maximum atomic E-state index is 13.4. The van der Waals surface area contributed by atoms with Gasteiger partial charge >= 0.3 is 6.09 Å². The largest absolute Gasteiger partial charge is 0.445 e. The van der Waals surface area contributed by atoms with E-state index in [0.717, 1.165) is 5.56 Å². The second-order valence-corrected chi connectivity index (χ2v) is 13.3. The monoisotopic (exact) mass is 657 g/mol. The topological polar surface area (TPSA) is 159 Å². The summed E-state index contributed by atoms with van der Waals surface area (Å²) in [5.74, 6) is -1.14. The van der Waals surface area contributed by atoms with Gasteiger partial charge in [0.25, 0.3) is 0 Å². The van der Waals surface area contributed by atoms with Crippen LogP contribution in [0.5, 0.6) is 0 Å². The van der Waals surface area contributed by atoms with E-state index in [0.29, 0.717) is 30.7 Å². The molecular formula is C34H51N5O6S. The van der Waals surface area contributed by atoms with E-state index in [1.165, 1.54) is 11.8 Å². The summed E-state index contributed by atoms with van der Waals surface area (Å²) in [6.07, 6.45) is 4.23. The van der Waals surface area contributed by atoms with Crippen LogP contribution in [-0.2, 0) is 32.3 Å². The van der Waals surface area contributed by atoms with Gasteiger partial charge in [-0.05, 0) is 54.7 Å². The Morgan fingerprint density at radius 1 is 0.870 bits per heavy atom. The molecule has 0 saturated heterocycles. The Labute approximate surface area is 277 Å². The Kier molecular flexibility index (Phi) is 17.2. The van der Waals surface area contributed by atoms with Crippen molar-refractivity contribution in [2.24, 2.45) is 17.8 Å². The molecule has 4 amide bonds. The number of amides is 4. The molecule has 0 saturated carbocycles. The summed E-state index contributed by atoms with van der Waals surface area (Å²) >= 11 is 1.54. The quantitative estimate of drug-likeness (QED) is 0.153. The van der Waals surface area contributed by atoms with Crippen LogP contribution in [0.1, 0.15) is 65.0 Å². The summed E-state index contributed by atoms with van der Waals surface area (Å²) in [4.78, 5) is 56.1. The molecule has 1 aromatic heterocycles. The molecule has 0 radical (unpaired) electrons. The lowest BCUT2D eigenvalue weighted by Crippen LogP contribution is -2.54. The van der Waals surface area contributed by atoms with Gasteiger partial charge in [0.15, 0.2) is 0 Å². The summed E-state index contributed by atoms with van der Waals surface area (Å²) in [6, 6.07) is 10.7. The molecule has 5 N–H and O–H groups in total. The van der Waals surface area contributed by atoms with Crippen LogP contribution in [0.25, 0.3) is 0 Å². The minimum absolute atomic E-state index is 0.0114. The van der Waals surface area contributed by atoms with Crippen molar-refractivity contribution < 1.29 is 29.0 Å². The second-order valence-electron chi connectivity index (χ2n) is 12.3. The van der Waals surface area contributed by atoms with Crippen molar-refractivity contribution in [1.29, 1.82) is 0 Å². The Hall–Kier alpha value is -3.64. The molecule has 5 atom stereocenters. The molecule has 1 aromatic carbocycles. The van der Waals surface area contributed by atoms with Crippen molar-refractivity contribution in [2.45, 2.75) is 91.3 Å². The number of ether oxygens (including phenoxy) is 1. The van der Waals surface area contributed by atoms with Crippen LogP contribution in [-0.4, -0.2) is 70.1 Å². The zero-order valence-electron chi connectivity index (χ0n) is 27.8. The zero-order valence-corrected chi connectivity index (χ0v) is 28.6. The summed E-state index contributed by atoms with van der Waals surface area (Å²) in [6.45, 7) is 9.71. The summed E-state index contributed by atoms with van der Waals surface area (Å²) in [7, 11) is 0. The number of benzene rings is 1. The van der Waals surface area contributed by atoms with Gasteiger partial charge in [-0.25, -0.2) is 4.79 Å². The lowest BCUT2D eigenvalue weighted by atomic mass is 9.91. The van der Waals surface area contributed by atoms with Gasteiger partial charge in [-0.15, -0.1) is 0 Å². The van der Waals surface area contributed by atoms with Gasteiger partial charge in [-0.2, -0.15) is 11.8 Å². The minimum atomic E-state index is -1.05. The number of hydrogen-bond acceptors (Lipinski definition) is 8. The standard InChI is InChI=1S/C34H51N5O6S/c1-22(2)17-28(37-32(42)27(14-16-46-6)38-34(44)45-21-26-13-10-15-35-19-26)29(40)18-24(5)31(41)39-30(23(3)4)33(43)36-20-25-11-8-7-9-12-25/h7-13,15,19,22-24,27-30,40H,14,16-18,20-21H2,1-6H3,(H,36,43)(H,37,42)(H,38,44)(H,39,41)/t24-,27+,28+,29+,30+/m1/s1. The van der Waals surface area contributed by atoms with Crippen molar-refractivity contribution in [1.82, 2.24) is 26.3 Å². The Morgan fingerprint density at radius 3 is 2.17 bits per heavy atom. The predicted molar refractivity (Wildman–Crippen MR) is 181 cm³/mol. The molecule has 2 aromatic rings. The summed E-state index contributed by atoms with van der Waals surface area (Å²) in [5, 5.41) is 22.5. The third-order valence-corrected chi connectivity index (χ3v) is 8.07. The summed E-state index contributed by atoms with van der Waals surface area (Å²) in [5.41, 5.74) is 1.67. The molecule has 2 rings (SSSR count). The average molecular weight is 658 g/mol. The van der Waals surface area contributed by atoms with Crippen LogP contribution in [0.15, 0.2) is 54.9 Å². The lowest BCUT2D eigenvalue weighted by Gasteiger charge is -2.30. The molecule has 0 aliphatic heterocycles. The fraction of sp³-hybridized carbons (Fsp3) is 0.559. The Balaban J connectivity index is 2.00. The molecule has 11 nitrogen and oxygen atoms in total. The molecule has 0 aliphatic carbocycles. The van der Waals surface area contributed by atoms with E-state index >= 15 is 0 Å². The van der Waals surface area contributed by atoms with Gasteiger partial charge in [0.1, 0.15) is 18.7 Å². The third-order valence-electron chi connectivity index (χ3n) is 7.43. The van der Waals surface area contributed by atoms with Crippen molar-refractivity contribution in [3.63, 3.8) is 0 Å². The highest BCUT2D eigenvalue weighted by atomic mass is 32.2. The normalized spacial score (nSPS) is 14.5. The maximum absolute atomic E-state index is 13.4.